The summed E-state index contributed by atoms with van der Waals surface area (Å²) in [5, 5.41) is 16.9. The molecule has 0 atom stereocenters. The third-order valence-corrected chi connectivity index (χ3v) is 3.89. The molecule has 1 N–H and O–H groups in total. The van der Waals surface area contributed by atoms with Gasteiger partial charge in [-0.15, -0.1) is 5.10 Å². The number of carbonyl (C=O) groups is 1. The van der Waals surface area contributed by atoms with Gasteiger partial charge in [-0.1, -0.05) is 29.0 Å². The molecule has 1 aromatic heterocycles. The lowest BCUT2D eigenvalue weighted by Gasteiger charge is -2.10. The number of nitrogens with zero attached hydrogens (tertiary/aromatic N) is 3. The van der Waals surface area contributed by atoms with E-state index in [-0.39, 0.29) is 23.5 Å². The molecule has 0 aliphatic heterocycles. The van der Waals surface area contributed by atoms with E-state index in [1.165, 1.54) is 4.68 Å². The van der Waals surface area contributed by atoms with Crippen LogP contribution in [0.1, 0.15) is 27.2 Å². The second-order valence-corrected chi connectivity index (χ2v) is 5.84. The maximum atomic E-state index is 13.6. The molecule has 25 heavy (non-hydrogen) atoms. The molecule has 0 bridgehead atoms. The Hall–Kier alpha value is -3.09. The predicted octanol–water partition coefficient (Wildman–Crippen LogP) is 3.59. The van der Waals surface area contributed by atoms with Gasteiger partial charge in [-0.2, -0.15) is 0 Å². The molecule has 0 radical (unpaired) electrons. The molecule has 0 saturated heterocycles. The van der Waals surface area contributed by atoms with Crippen LogP contribution in [0.25, 0.3) is 11.3 Å². The topological polar surface area (TPSA) is 68.0 Å². The number of rotatable bonds is 4. The number of carboxylic acid groups (broad SMARTS) is 1. The lowest BCUT2D eigenvalue weighted by atomic mass is 10.0. The zero-order valence-electron chi connectivity index (χ0n) is 13.6. The number of benzene rings is 2. The van der Waals surface area contributed by atoms with Crippen molar-refractivity contribution < 1.29 is 18.7 Å². The number of carboxylic acids is 1. The number of aromatic carboxylic acids is 1. The van der Waals surface area contributed by atoms with E-state index in [0.29, 0.717) is 0 Å². The standard InChI is InChI=1S/C18H15F2N3O2/c1-10-3-4-12(11(2)5-10)9-23-17(16(18(24)25)21-22-23)13-6-14(19)8-15(20)7-13/h3-8H,9H2,1-2H3,(H,24,25). The van der Waals surface area contributed by atoms with Crippen LogP contribution in [0, 0.1) is 25.5 Å². The van der Waals surface area contributed by atoms with E-state index in [1.807, 2.05) is 32.0 Å². The van der Waals surface area contributed by atoms with Gasteiger partial charge in [0.15, 0.2) is 5.69 Å². The van der Waals surface area contributed by atoms with Gasteiger partial charge in [0, 0.05) is 11.6 Å². The van der Waals surface area contributed by atoms with Gasteiger partial charge in [0.1, 0.15) is 17.3 Å². The number of hydrogen-bond donors (Lipinski definition) is 1. The Morgan fingerprint density at radius 2 is 1.80 bits per heavy atom. The van der Waals surface area contributed by atoms with Crippen molar-refractivity contribution >= 4 is 5.97 Å². The zero-order valence-corrected chi connectivity index (χ0v) is 13.6. The van der Waals surface area contributed by atoms with Crippen molar-refractivity contribution in [3.8, 4) is 11.3 Å². The van der Waals surface area contributed by atoms with Crippen molar-refractivity contribution in [3.63, 3.8) is 0 Å². The number of aryl methyl sites for hydroxylation is 2. The Balaban J connectivity index is 2.13. The molecular weight excluding hydrogens is 328 g/mol. The highest BCUT2D eigenvalue weighted by Crippen LogP contribution is 2.26. The molecule has 0 aliphatic rings. The Morgan fingerprint density at radius 3 is 2.40 bits per heavy atom. The largest absolute Gasteiger partial charge is 0.476 e. The maximum Gasteiger partial charge on any atom is 0.358 e. The summed E-state index contributed by atoms with van der Waals surface area (Å²) in [7, 11) is 0. The van der Waals surface area contributed by atoms with Crippen molar-refractivity contribution in [1.82, 2.24) is 15.0 Å². The van der Waals surface area contributed by atoms with Gasteiger partial charge < -0.3 is 5.11 Å². The minimum Gasteiger partial charge on any atom is -0.476 e. The molecule has 0 aliphatic carbocycles. The summed E-state index contributed by atoms with van der Waals surface area (Å²) in [5.41, 5.74) is 2.79. The van der Waals surface area contributed by atoms with Crippen LogP contribution < -0.4 is 0 Å². The van der Waals surface area contributed by atoms with Crippen LogP contribution in [0.15, 0.2) is 36.4 Å². The van der Waals surface area contributed by atoms with Crippen LogP contribution in [0.5, 0.6) is 0 Å². The maximum absolute atomic E-state index is 13.6. The third kappa shape index (κ3) is 3.40. The highest BCUT2D eigenvalue weighted by Gasteiger charge is 2.22. The van der Waals surface area contributed by atoms with Gasteiger partial charge >= 0.3 is 5.97 Å². The molecule has 0 unspecified atom stereocenters. The van der Waals surface area contributed by atoms with Gasteiger partial charge in [0.05, 0.1) is 6.54 Å². The van der Waals surface area contributed by atoms with Crippen LogP contribution in [-0.2, 0) is 6.54 Å². The van der Waals surface area contributed by atoms with Crippen molar-refractivity contribution in [2.75, 3.05) is 0 Å². The van der Waals surface area contributed by atoms with E-state index in [1.54, 1.807) is 0 Å². The Morgan fingerprint density at radius 1 is 1.12 bits per heavy atom. The molecule has 3 aromatic rings. The van der Waals surface area contributed by atoms with E-state index in [2.05, 4.69) is 10.3 Å². The molecule has 0 spiro atoms. The third-order valence-electron chi connectivity index (χ3n) is 3.89. The van der Waals surface area contributed by atoms with Crippen LogP contribution >= 0.6 is 0 Å². The number of hydrogen-bond acceptors (Lipinski definition) is 3. The summed E-state index contributed by atoms with van der Waals surface area (Å²) in [5.74, 6) is -2.91. The van der Waals surface area contributed by atoms with Gasteiger partial charge in [0.2, 0.25) is 0 Å². The molecule has 5 nitrogen and oxygen atoms in total. The molecular formula is C18H15F2N3O2. The molecule has 0 fully saturated rings. The van der Waals surface area contributed by atoms with Crippen LogP contribution in [-0.4, -0.2) is 26.1 Å². The van der Waals surface area contributed by atoms with E-state index in [0.717, 1.165) is 34.9 Å². The normalized spacial score (nSPS) is 10.9. The summed E-state index contributed by atoms with van der Waals surface area (Å²) in [6, 6.07) is 8.68. The molecule has 2 aromatic carbocycles. The fourth-order valence-corrected chi connectivity index (χ4v) is 2.73. The van der Waals surface area contributed by atoms with Crippen molar-refractivity contribution in [1.29, 1.82) is 0 Å². The number of aromatic nitrogens is 3. The molecule has 1 heterocycles. The second kappa shape index (κ2) is 6.43. The van der Waals surface area contributed by atoms with Gasteiger partial charge in [-0.05, 0) is 37.1 Å². The van der Waals surface area contributed by atoms with E-state index in [9.17, 15) is 18.7 Å². The average molecular weight is 343 g/mol. The van der Waals surface area contributed by atoms with Gasteiger partial charge in [-0.25, -0.2) is 18.3 Å². The Labute approximate surface area is 142 Å². The first-order valence-corrected chi connectivity index (χ1v) is 7.54. The average Bonchev–Trinajstić information content (AvgIpc) is 2.93. The first-order chi connectivity index (χ1) is 11.8. The zero-order chi connectivity index (χ0) is 18.1. The number of halogens is 2. The first-order valence-electron chi connectivity index (χ1n) is 7.54. The van der Waals surface area contributed by atoms with Crippen molar-refractivity contribution in [2.45, 2.75) is 20.4 Å². The first kappa shape index (κ1) is 16.8. The predicted molar refractivity (Wildman–Crippen MR) is 87.4 cm³/mol. The molecule has 0 amide bonds. The fraction of sp³-hybridized carbons (Fsp3) is 0.167. The van der Waals surface area contributed by atoms with E-state index < -0.39 is 17.6 Å². The van der Waals surface area contributed by atoms with Crippen LogP contribution in [0.2, 0.25) is 0 Å². The summed E-state index contributed by atoms with van der Waals surface area (Å²) >= 11 is 0. The minimum absolute atomic E-state index is 0.0610. The van der Waals surface area contributed by atoms with E-state index in [4.69, 9.17) is 0 Å². The lowest BCUT2D eigenvalue weighted by Crippen LogP contribution is -2.07. The molecule has 128 valence electrons. The summed E-state index contributed by atoms with van der Waals surface area (Å²) in [4.78, 5) is 11.4. The van der Waals surface area contributed by atoms with Gasteiger partial charge in [0.25, 0.3) is 0 Å². The summed E-state index contributed by atoms with van der Waals surface area (Å²) in [6.07, 6.45) is 0. The summed E-state index contributed by atoms with van der Waals surface area (Å²) in [6.45, 7) is 4.13. The SMILES string of the molecule is Cc1ccc(Cn2nnc(C(=O)O)c2-c2cc(F)cc(F)c2)c(C)c1. The summed E-state index contributed by atoms with van der Waals surface area (Å²) < 4.78 is 28.5. The second-order valence-electron chi connectivity index (χ2n) is 5.84. The van der Waals surface area contributed by atoms with Gasteiger partial charge in [-0.3, -0.25) is 0 Å². The quantitative estimate of drug-likeness (QED) is 0.786. The molecule has 0 saturated carbocycles. The Bertz CT molecular complexity index is 947. The van der Waals surface area contributed by atoms with Crippen molar-refractivity contribution in [2.24, 2.45) is 0 Å². The molecule has 3 rings (SSSR count). The Kier molecular flexibility index (Phi) is 4.31. The molecule has 7 heteroatoms. The van der Waals surface area contributed by atoms with Crippen LogP contribution in [0.4, 0.5) is 8.78 Å². The lowest BCUT2D eigenvalue weighted by molar-refractivity contribution is 0.0691. The highest BCUT2D eigenvalue weighted by atomic mass is 19.1. The van der Waals surface area contributed by atoms with Crippen LogP contribution in [0.3, 0.4) is 0 Å². The minimum atomic E-state index is -1.31. The monoisotopic (exact) mass is 343 g/mol. The van der Waals surface area contributed by atoms with Crippen molar-refractivity contribution in [3.05, 3.63) is 70.4 Å². The fourth-order valence-electron chi connectivity index (χ4n) is 2.73. The van der Waals surface area contributed by atoms with E-state index >= 15 is 0 Å². The smallest absolute Gasteiger partial charge is 0.358 e. The highest BCUT2D eigenvalue weighted by molar-refractivity contribution is 5.92.